The second-order valence-electron chi connectivity index (χ2n) is 11.3. The van der Waals surface area contributed by atoms with Gasteiger partial charge in [-0.2, -0.15) is 0 Å². The van der Waals surface area contributed by atoms with E-state index in [1.165, 1.54) is 25.7 Å². The summed E-state index contributed by atoms with van der Waals surface area (Å²) in [6.07, 6.45) is 9.15. The van der Waals surface area contributed by atoms with E-state index in [1.54, 1.807) is 4.90 Å². The van der Waals surface area contributed by atoms with E-state index < -0.39 is 5.60 Å². The smallest absolute Gasteiger partial charge is 0.410 e. The molecular formula is C25H49ClN8O2. The topological polar surface area (TPSA) is 139 Å². The molecule has 2 saturated heterocycles. The van der Waals surface area contributed by atoms with E-state index in [0.717, 1.165) is 64.3 Å². The Bertz CT molecular complexity index is 767. The fraction of sp³-hybridized carbons (Fsp3) is 0.960. The molecule has 2 aliphatic heterocycles. The number of piperidine rings is 2. The summed E-state index contributed by atoms with van der Waals surface area (Å²) in [7, 11) is 0. The highest BCUT2D eigenvalue weighted by Crippen LogP contribution is 2.56. The molecule has 1 amide bonds. The van der Waals surface area contributed by atoms with Crippen molar-refractivity contribution in [2.75, 3.05) is 39.3 Å². The highest BCUT2D eigenvalue weighted by atomic mass is 35.5. The Hall–Kier alpha value is -1.86. The fourth-order valence-electron chi connectivity index (χ4n) is 5.49. The zero-order valence-corrected chi connectivity index (χ0v) is 21.7. The van der Waals surface area contributed by atoms with E-state index in [9.17, 15) is 4.79 Å². The molecular weight excluding hydrogens is 480 g/mol. The number of hydrogen-bond donors (Lipinski definition) is 1. The lowest BCUT2D eigenvalue weighted by molar-refractivity contribution is 0.0152. The van der Waals surface area contributed by atoms with Crippen molar-refractivity contribution in [1.29, 1.82) is 0 Å². The van der Waals surface area contributed by atoms with Gasteiger partial charge in [0.15, 0.2) is 0 Å². The molecule has 10 nitrogen and oxygen atoms in total. The number of nitrogens with zero attached hydrogens (tertiary/aromatic N) is 7. The van der Waals surface area contributed by atoms with E-state index in [4.69, 9.17) is 15.8 Å². The van der Waals surface area contributed by atoms with Crippen LogP contribution in [0.1, 0.15) is 87.0 Å². The lowest BCUT2D eigenvalue weighted by Crippen LogP contribution is -2.43. The van der Waals surface area contributed by atoms with Crippen molar-refractivity contribution in [2.45, 2.75) is 92.6 Å². The molecule has 0 radical (unpaired) electrons. The predicted octanol–water partition coefficient (Wildman–Crippen LogP) is 7.49. The first kappa shape index (κ1) is 34.1. The maximum absolute atomic E-state index is 12.0. The van der Waals surface area contributed by atoms with Crippen molar-refractivity contribution in [1.82, 2.24) is 10.2 Å². The van der Waals surface area contributed by atoms with Crippen LogP contribution in [0.15, 0.2) is 10.2 Å². The summed E-state index contributed by atoms with van der Waals surface area (Å²) in [6, 6.07) is 0. The molecule has 0 spiro atoms. The Morgan fingerprint density at radius 1 is 0.917 bits per heavy atom. The SMILES string of the molecule is C.C.CC(C)(C)OC(=O)N1CCC(C2(CN=[N+]=[N-])CC2)CC1.Cl.[N-]=[N+]=NCC1(C2CCNCC2)CC1. The lowest BCUT2D eigenvalue weighted by Gasteiger charge is -2.36. The Morgan fingerprint density at radius 2 is 1.33 bits per heavy atom. The summed E-state index contributed by atoms with van der Waals surface area (Å²) in [5.74, 6) is 1.38. The Balaban J connectivity index is 0.000000672. The van der Waals surface area contributed by atoms with Crippen LogP contribution in [0.4, 0.5) is 4.79 Å². The maximum Gasteiger partial charge on any atom is 0.410 e. The summed E-state index contributed by atoms with van der Waals surface area (Å²) in [5.41, 5.74) is 17.0. The molecule has 1 N–H and O–H groups in total. The van der Waals surface area contributed by atoms with Crippen LogP contribution >= 0.6 is 12.4 Å². The van der Waals surface area contributed by atoms with Crippen molar-refractivity contribution >= 4 is 18.5 Å². The maximum atomic E-state index is 12.0. The molecule has 208 valence electrons. The first-order valence-electron chi connectivity index (χ1n) is 12.4. The van der Waals surface area contributed by atoms with Crippen LogP contribution in [0.2, 0.25) is 0 Å². The second-order valence-corrected chi connectivity index (χ2v) is 11.3. The van der Waals surface area contributed by atoms with Gasteiger partial charge in [0.25, 0.3) is 0 Å². The van der Waals surface area contributed by atoms with Crippen LogP contribution in [-0.2, 0) is 4.74 Å². The number of amides is 1. The lowest BCUT2D eigenvalue weighted by atomic mass is 9.81. The Morgan fingerprint density at radius 3 is 1.69 bits per heavy atom. The van der Waals surface area contributed by atoms with Crippen molar-refractivity contribution in [2.24, 2.45) is 32.9 Å². The van der Waals surface area contributed by atoms with Crippen LogP contribution in [0.3, 0.4) is 0 Å². The minimum atomic E-state index is -0.437. The second kappa shape index (κ2) is 14.8. The third-order valence-electron chi connectivity index (χ3n) is 7.90. The molecule has 0 bridgehead atoms. The molecule has 0 aromatic rings. The van der Waals surface area contributed by atoms with Gasteiger partial charge in [0, 0.05) is 36.0 Å². The van der Waals surface area contributed by atoms with E-state index in [2.05, 4.69) is 25.4 Å². The largest absolute Gasteiger partial charge is 0.444 e. The van der Waals surface area contributed by atoms with Gasteiger partial charge in [0.1, 0.15) is 5.60 Å². The van der Waals surface area contributed by atoms with Gasteiger partial charge in [-0.15, -0.1) is 12.4 Å². The van der Waals surface area contributed by atoms with E-state index in [0.29, 0.717) is 17.9 Å². The summed E-state index contributed by atoms with van der Waals surface area (Å²) in [4.78, 5) is 19.5. The first-order chi connectivity index (χ1) is 15.7. The van der Waals surface area contributed by atoms with E-state index in [-0.39, 0.29) is 38.8 Å². The predicted molar refractivity (Wildman–Crippen MR) is 148 cm³/mol. The van der Waals surface area contributed by atoms with Crippen LogP contribution in [0.5, 0.6) is 0 Å². The summed E-state index contributed by atoms with van der Waals surface area (Å²) < 4.78 is 5.40. The summed E-state index contributed by atoms with van der Waals surface area (Å²) in [6.45, 7) is 10.8. The highest BCUT2D eigenvalue weighted by molar-refractivity contribution is 5.85. The number of halogens is 1. The molecule has 2 aliphatic carbocycles. The first-order valence-corrected chi connectivity index (χ1v) is 12.4. The standard InChI is InChI=1S/C14H24N4O2.C9H16N4.2CH4.ClH/c1-13(2,3)20-12(19)18-8-4-11(5-9-18)14(6-7-14)10-16-17-15;10-13-12-7-9(3-4-9)8-1-5-11-6-2-8;;;/h11H,4-10H2,1-3H3;8,11H,1-7H2;2*1H4;1H. The number of carbonyl (C=O) groups is 1. The van der Waals surface area contributed by atoms with Gasteiger partial charge >= 0.3 is 6.09 Å². The average Bonchev–Trinajstić information content (AvgIpc) is 3.73. The third-order valence-corrected chi connectivity index (χ3v) is 7.90. The van der Waals surface area contributed by atoms with Crippen LogP contribution in [0.25, 0.3) is 20.9 Å². The highest BCUT2D eigenvalue weighted by Gasteiger charge is 2.49. The number of hydrogen-bond acceptors (Lipinski definition) is 5. The fourth-order valence-corrected chi connectivity index (χ4v) is 5.49. The van der Waals surface area contributed by atoms with E-state index >= 15 is 0 Å². The summed E-state index contributed by atoms with van der Waals surface area (Å²) >= 11 is 0. The molecule has 0 atom stereocenters. The van der Waals surface area contributed by atoms with Gasteiger partial charge < -0.3 is 15.0 Å². The van der Waals surface area contributed by atoms with Gasteiger partial charge in [-0.3, -0.25) is 0 Å². The minimum absolute atomic E-state index is 0. The molecule has 0 aromatic heterocycles. The average molecular weight is 529 g/mol. The number of carbonyl (C=O) groups excluding carboxylic acids is 1. The van der Waals surface area contributed by atoms with Crippen LogP contribution in [0, 0.1) is 22.7 Å². The monoisotopic (exact) mass is 528 g/mol. The quantitative estimate of drug-likeness (QED) is 0.217. The number of rotatable bonds is 6. The zero-order chi connectivity index (χ0) is 24.0. The summed E-state index contributed by atoms with van der Waals surface area (Å²) in [5, 5.41) is 10.9. The van der Waals surface area contributed by atoms with Crippen LogP contribution < -0.4 is 5.32 Å². The third kappa shape index (κ3) is 9.55. The van der Waals surface area contributed by atoms with Crippen molar-refractivity contribution in [3.63, 3.8) is 0 Å². The normalized spacial score (nSPS) is 21.8. The number of likely N-dealkylation sites (tertiary alicyclic amines) is 1. The minimum Gasteiger partial charge on any atom is -0.444 e. The van der Waals surface area contributed by atoms with E-state index in [1.807, 2.05) is 20.8 Å². The molecule has 36 heavy (non-hydrogen) atoms. The molecule has 4 fully saturated rings. The number of nitrogens with one attached hydrogen (secondary N) is 1. The zero-order valence-electron chi connectivity index (χ0n) is 20.9. The Kier molecular flexibility index (Phi) is 14.0. The van der Waals surface area contributed by atoms with Crippen LogP contribution in [-0.4, -0.2) is 55.9 Å². The van der Waals surface area contributed by atoms with Gasteiger partial charge in [0.2, 0.25) is 0 Å². The Labute approximate surface area is 223 Å². The molecule has 11 heteroatoms. The molecule has 4 rings (SSSR count). The molecule has 4 aliphatic rings. The molecule has 0 aromatic carbocycles. The molecule has 2 heterocycles. The van der Waals surface area contributed by atoms with Crippen molar-refractivity contribution < 1.29 is 9.53 Å². The molecule has 0 unspecified atom stereocenters. The van der Waals surface area contributed by atoms with Gasteiger partial charge in [0.05, 0.1) is 0 Å². The molecule has 2 saturated carbocycles. The number of ether oxygens (including phenoxy) is 1. The van der Waals surface area contributed by atoms with Crippen molar-refractivity contribution in [3.8, 4) is 0 Å². The van der Waals surface area contributed by atoms with Gasteiger partial charge in [-0.1, -0.05) is 25.1 Å². The number of azide groups is 2. The van der Waals surface area contributed by atoms with Crippen molar-refractivity contribution in [3.05, 3.63) is 20.9 Å². The van der Waals surface area contributed by atoms with Gasteiger partial charge in [-0.05, 0) is 119 Å². The van der Waals surface area contributed by atoms with Gasteiger partial charge in [-0.25, -0.2) is 4.79 Å².